The Labute approximate surface area is 128 Å². The number of ether oxygens (including phenoxy) is 3. The van der Waals surface area contributed by atoms with Crippen LogP contribution in [0.5, 0.6) is 23.0 Å². The van der Waals surface area contributed by atoms with Crippen LogP contribution in [0.25, 0.3) is 0 Å². The van der Waals surface area contributed by atoms with Crippen LogP contribution in [0.15, 0.2) is 30.3 Å². The van der Waals surface area contributed by atoms with E-state index in [1.54, 1.807) is 12.1 Å². The molecule has 2 aromatic rings. The lowest BCUT2D eigenvalue weighted by Crippen LogP contribution is -2.15. The van der Waals surface area contributed by atoms with Crippen LogP contribution in [0.2, 0.25) is 5.02 Å². The summed E-state index contributed by atoms with van der Waals surface area (Å²) >= 11 is 6.11. The molecule has 1 aliphatic rings. The Morgan fingerprint density at radius 1 is 1.14 bits per heavy atom. The van der Waals surface area contributed by atoms with E-state index in [-0.39, 0.29) is 0 Å². The van der Waals surface area contributed by atoms with Crippen molar-refractivity contribution in [3.05, 3.63) is 40.9 Å². The third-order valence-electron chi connectivity index (χ3n) is 3.30. The van der Waals surface area contributed by atoms with Crippen molar-refractivity contribution in [3.63, 3.8) is 0 Å². The highest BCUT2D eigenvalue weighted by molar-refractivity contribution is 6.31. The maximum Gasteiger partial charge on any atom is 0.165 e. The third-order valence-corrected chi connectivity index (χ3v) is 3.67. The second kappa shape index (κ2) is 5.74. The number of nitrogens with two attached hydrogens (primary N) is 1. The molecule has 4 nitrogen and oxygen atoms in total. The van der Waals surface area contributed by atoms with Crippen molar-refractivity contribution in [1.29, 1.82) is 0 Å². The minimum absolute atomic E-state index is 0.507. The van der Waals surface area contributed by atoms with Crippen molar-refractivity contribution in [2.75, 3.05) is 18.9 Å². The van der Waals surface area contributed by atoms with Gasteiger partial charge in [-0.1, -0.05) is 18.5 Å². The first-order valence-electron chi connectivity index (χ1n) is 6.82. The van der Waals surface area contributed by atoms with Gasteiger partial charge in [0.25, 0.3) is 0 Å². The first-order chi connectivity index (χ1) is 10.2. The number of rotatable bonds is 3. The van der Waals surface area contributed by atoms with E-state index in [4.69, 9.17) is 31.5 Å². The Hall–Kier alpha value is -2.07. The fourth-order valence-electron chi connectivity index (χ4n) is 2.19. The zero-order chi connectivity index (χ0) is 14.8. The van der Waals surface area contributed by atoms with E-state index in [9.17, 15) is 0 Å². The van der Waals surface area contributed by atoms with E-state index in [1.165, 1.54) is 0 Å². The molecule has 0 saturated heterocycles. The smallest absolute Gasteiger partial charge is 0.165 e. The molecule has 0 atom stereocenters. The van der Waals surface area contributed by atoms with Crippen molar-refractivity contribution >= 4 is 17.3 Å². The van der Waals surface area contributed by atoms with Gasteiger partial charge in [-0.05, 0) is 30.2 Å². The first kappa shape index (κ1) is 13.9. The summed E-state index contributed by atoms with van der Waals surface area (Å²) in [5.74, 6) is 2.54. The van der Waals surface area contributed by atoms with Gasteiger partial charge in [0.15, 0.2) is 17.2 Å². The maximum atomic E-state index is 6.11. The van der Waals surface area contributed by atoms with E-state index >= 15 is 0 Å². The molecular weight excluding hydrogens is 290 g/mol. The minimum Gasteiger partial charge on any atom is -0.486 e. The minimum atomic E-state index is 0.507. The lowest BCUT2D eigenvalue weighted by molar-refractivity contribution is 0.171. The Bertz CT molecular complexity index is 673. The molecular formula is C16H16ClNO3. The predicted molar refractivity (Wildman–Crippen MR) is 82.7 cm³/mol. The van der Waals surface area contributed by atoms with Gasteiger partial charge >= 0.3 is 0 Å². The van der Waals surface area contributed by atoms with Gasteiger partial charge in [-0.2, -0.15) is 0 Å². The van der Waals surface area contributed by atoms with Crippen LogP contribution in [0.1, 0.15) is 12.5 Å². The van der Waals surface area contributed by atoms with Crippen molar-refractivity contribution in [1.82, 2.24) is 0 Å². The number of benzene rings is 2. The average molecular weight is 306 g/mol. The third kappa shape index (κ3) is 2.85. The molecule has 0 amide bonds. The molecule has 0 fully saturated rings. The fourth-order valence-corrected chi connectivity index (χ4v) is 2.44. The summed E-state index contributed by atoms with van der Waals surface area (Å²) in [5.41, 5.74) is 7.55. The molecule has 0 aliphatic carbocycles. The van der Waals surface area contributed by atoms with Crippen LogP contribution in [0, 0.1) is 0 Å². The van der Waals surface area contributed by atoms with Crippen LogP contribution >= 0.6 is 11.6 Å². The molecule has 0 unspecified atom stereocenters. The number of fused-ring (bicyclic) bond motifs is 1. The Balaban J connectivity index is 1.91. The molecule has 5 heteroatoms. The summed E-state index contributed by atoms with van der Waals surface area (Å²) in [5, 5.41) is 0.736. The highest BCUT2D eigenvalue weighted by Gasteiger charge is 2.16. The standard InChI is InChI=1S/C16H16ClNO3/c1-2-10-7-11(3-4-12(10)17)21-14-9-16-15(8-13(14)18)19-5-6-20-16/h3-4,7-9H,2,5-6,18H2,1H3. The highest BCUT2D eigenvalue weighted by atomic mass is 35.5. The van der Waals surface area contributed by atoms with Crippen LogP contribution in [0.4, 0.5) is 5.69 Å². The van der Waals surface area contributed by atoms with Gasteiger partial charge in [-0.15, -0.1) is 0 Å². The van der Waals surface area contributed by atoms with Crippen LogP contribution < -0.4 is 19.9 Å². The molecule has 21 heavy (non-hydrogen) atoms. The normalized spacial score (nSPS) is 13.0. The quantitative estimate of drug-likeness (QED) is 0.869. The molecule has 110 valence electrons. The summed E-state index contributed by atoms with van der Waals surface area (Å²) in [6.07, 6.45) is 0.840. The van der Waals surface area contributed by atoms with Gasteiger partial charge in [0.1, 0.15) is 19.0 Å². The Morgan fingerprint density at radius 2 is 1.86 bits per heavy atom. The van der Waals surface area contributed by atoms with E-state index in [2.05, 4.69) is 0 Å². The monoisotopic (exact) mass is 305 g/mol. The van der Waals surface area contributed by atoms with Crippen LogP contribution in [-0.2, 0) is 6.42 Å². The zero-order valence-electron chi connectivity index (χ0n) is 11.7. The number of halogens is 1. The van der Waals surface area contributed by atoms with Gasteiger partial charge in [0.05, 0.1) is 5.69 Å². The topological polar surface area (TPSA) is 53.7 Å². The molecule has 0 spiro atoms. The van der Waals surface area contributed by atoms with Crippen molar-refractivity contribution in [2.45, 2.75) is 13.3 Å². The van der Waals surface area contributed by atoms with Gasteiger partial charge < -0.3 is 19.9 Å². The largest absolute Gasteiger partial charge is 0.486 e. The summed E-state index contributed by atoms with van der Waals surface area (Å²) in [7, 11) is 0. The number of aryl methyl sites for hydroxylation is 1. The Kier molecular flexibility index (Phi) is 3.80. The van der Waals surface area contributed by atoms with Gasteiger partial charge in [-0.3, -0.25) is 0 Å². The number of anilines is 1. The summed E-state index contributed by atoms with van der Waals surface area (Å²) in [4.78, 5) is 0. The van der Waals surface area contributed by atoms with Crippen molar-refractivity contribution in [2.24, 2.45) is 0 Å². The lowest BCUT2D eigenvalue weighted by Gasteiger charge is -2.20. The van der Waals surface area contributed by atoms with Crippen molar-refractivity contribution < 1.29 is 14.2 Å². The number of nitrogen functional groups attached to an aromatic ring is 1. The van der Waals surface area contributed by atoms with E-state index in [1.807, 2.05) is 25.1 Å². The van der Waals surface area contributed by atoms with E-state index < -0.39 is 0 Å². The molecule has 3 rings (SSSR count). The van der Waals surface area contributed by atoms with Gasteiger partial charge in [0.2, 0.25) is 0 Å². The lowest BCUT2D eigenvalue weighted by atomic mass is 10.1. The average Bonchev–Trinajstić information content (AvgIpc) is 2.50. The second-order valence-electron chi connectivity index (χ2n) is 4.74. The van der Waals surface area contributed by atoms with Crippen LogP contribution in [0.3, 0.4) is 0 Å². The predicted octanol–water partition coefficient (Wildman–Crippen LogP) is 4.05. The molecule has 0 aromatic heterocycles. The summed E-state index contributed by atoms with van der Waals surface area (Å²) < 4.78 is 16.9. The molecule has 0 saturated carbocycles. The zero-order valence-corrected chi connectivity index (χ0v) is 12.4. The molecule has 1 heterocycles. The molecule has 0 bridgehead atoms. The molecule has 2 aromatic carbocycles. The SMILES string of the molecule is CCc1cc(Oc2cc3c(cc2N)OCCO3)ccc1Cl. The van der Waals surface area contributed by atoms with Gasteiger partial charge in [-0.25, -0.2) is 0 Å². The molecule has 1 aliphatic heterocycles. The van der Waals surface area contributed by atoms with Crippen molar-refractivity contribution in [3.8, 4) is 23.0 Å². The molecule has 0 radical (unpaired) electrons. The van der Waals surface area contributed by atoms with Crippen LogP contribution in [-0.4, -0.2) is 13.2 Å². The van der Waals surface area contributed by atoms with E-state index in [0.29, 0.717) is 41.9 Å². The molecule has 2 N–H and O–H groups in total. The van der Waals surface area contributed by atoms with E-state index in [0.717, 1.165) is 17.0 Å². The fraction of sp³-hybridized carbons (Fsp3) is 0.250. The highest BCUT2D eigenvalue weighted by Crippen LogP contribution is 2.40. The van der Waals surface area contributed by atoms with Gasteiger partial charge in [0, 0.05) is 17.2 Å². The number of hydrogen-bond acceptors (Lipinski definition) is 4. The number of hydrogen-bond donors (Lipinski definition) is 1. The maximum absolute atomic E-state index is 6.11. The Morgan fingerprint density at radius 3 is 2.57 bits per heavy atom. The second-order valence-corrected chi connectivity index (χ2v) is 5.15. The summed E-state index contributed by atoms with van der Waals surface area (Å²) in [6, 6.07) is 9.03. The summed E-state index contributed by atoms with van der Waals surface area (Å²) in [6.45, 7) is 3.10. The first-order valence-corrected chi connectivity index (χ1v) is 7.20.